The number of anilines is 3. The van der Waals surface area contributed by atoms with Crippen molar-refractivity contribution in [1.82, 2.24) is 19.9 Å². The number of halogens is 1. The maximum atomic E-state index is 15.4. The van der Waals surface area contributed by atoms with Gasteiger partial charge in [0.1, 0.15) is 5.69 Å². The van der Waals surface area contributed by atoms with Crippen molar-refractivity contribution in [3.8, 4) is 11.3 Å². The van der Waals surface area contributed by atoms with E-state index in [1.54, 1.807) is 0 Å². The number of aliphatic hydroxyl groups is 1. The quantitative estimate of drug-likeness (QED) is 0.692. The van der Waals surface area contributed by atoms with Crippen molar-refractivity contribution in [3.63, 3.8) is 0 Å². The molecule has 4 N–H and O–H groups in total. The molecule has 0 amide bonds. The predicted molar refractivity (Wildman–Crippen MR) is 102 cm³/mol. The van der Waals surface area contributed by atoms with E-state index in [4.69, 9.17) is 10.5 Å². The minimum atomic E-state index is -0.592. The SMILES string of the molecule is Nc1ncc(-c2nc(N3CCOCC3)nc(NC3(CO)CCCC3)c2F)cn1. The van der Waals surface area contributed by atoms with E-state index >= 15 is 4.39 Å². The van der Waals surface area contributed by atoms with Crippen LogP contribution in [0, 0.1) is 5.82 Å². The van der Waals surface area contributed by atoms with Crippen LogP contribution in [-0.4, -0.2) is 63.5 Å². The largest absolute Gasteiger partial charge is 0.394 e. The first-order valence-electron chi connectivity index (χ1n) is 9.47. The highest BCUT2D eigenvalue weighted by atomic mass is 19.1. The highest BCUT2D eigenvalue weighted by Crippen LogP contribution is 2.35. The summed E-state index contributed by atoms with van der Waals surface area (Å²) >= 11 is 0. The number of hydrogen-bond donors (Lipinski definition) is 3. The molecular weight excluding hydrogens is 365 g/mol. The van der Waals surface area contributed by atoms with E-state index in [1.807, 2.05) is 4.90 Å². The lowest BCUT2D eigenvalue weighted by molar-refractivity contribution is 0.122. The molecule has 2 aromatic heterocycles. The summed E-state index contributed by atoms with van der Waals surface area (Å²) in [6.07, 6.45) is 6.38. The number of hydrogen-bond acceptors (Lipinski definition) is 9. The van der Waals surface area contributed by atoms with Crippen LogP contribution >= 0.6 is 0 Å². The lowest BCUT2D eigenvalue weighted by atomic mass is 9.99. The molecule has 150 valence electrons. The number of rotatable bonds is 5. The van der Waals surface area contributed by atoms with Crippen LogP contribution in [0.1, 0.15) is 25.7 Å². The number of aliphatic hydroxyl groups excluding tert-OH is 1. The Morgan fingerprint density at radius 2 is 1.86 bits per heavy atom. The molecule has 3 heterocycles. The van der Waals surface area contributed by atoms with Gasteiger partial charge in [0.15, 0.2) is 11.6 Å². The van der Waals surface area contributed by atoms with Crippen LogP contribution in [0.2, 0.25) is 0 Å². The molecule has 4 rings (SSSR count). The molecule has 2 fully saturated rings. The Bertz CT molecular complexity index is 821. The van der Waals surface area contributed by atoms with Gasteiger partial charge in [-0.1, -0.05) is 12.8 Å². The van der Waals surface area contributed by atoms with Gasteiger partial charge in [-0.25, -0.2) is 19.3 Å². The molecule has 0 radical (unpaired) electrons. The first kappa shape index (κ1) is 18.8. The van der Waals surface area contributed by atoms with Crippen molar-refractivity contribution in [2.45, 2.75) is 31.2 Å². The highest BCUT2D eigenvalue weighted by Gasteiger charge is 2.35. The Hall–Kier alpha value is -2.59. The third kappa shape index (κ3) is 3.69. The summed E-state index contributed by atoms with van der Waals surface area (Å²) in [5, 5.41) is 13.1. The molecule has 1 saturated carbocycles. The third-order valence-corrected chi connectivity index (χ3v) is 5.33. The van der Waals surface area contributed by atoms with Crippen LogP contribution in [0.3, 0.4) is 0 Å². The van der Waals surface area contributed by atoms with Crippen molar-refractivity contribution in [2.75, 3.05) is 48.9 Å². The normalized spacial score (nSPS) is 19.0. The average molecular weight is 389 g/mol. The van der Waals surface area contributed by atoms with Gasteiger partial charge in [-0.15, -0.1) is 0 Å². The smallest absolute Gasteiger partial charge is 0.228 e. The van der Waals surface area contributed by atoms with Crippen LogP contribution in [0.15, 0.2) is 12.4 Å². The predicted octanol–water partition coefficient (Wildman–Crippen LogP) is 1.21. The number of nitrogens with two attached hydrogens (primary N) is 1. The number of morpholine rings is 1. The van der Waals surface area contributed by atoms with Crippen LogP contribution in [0.5, 0.6) is 0 Å². The molecule has 1 aliphatic carbocycles. The molecule has 0 aromatic carbocycles. The summed E-state index contributed by atoms with van der Waals surface area (Å²) in [5.74, 6) is 0.00430. The Labute approximate surface area is 162 Å². The number of nitrogen functional groups attached to an aromatic ring is 1. The minimum absolute atomic E-state index is 0.0797. The second-order valence-electron chi connectivity index (χ2n) is 7.23. The molecule has 1 saturated heterocycles. The summed E-state index contributed by atoms with van der Waals surface area (Å²) in [4.78, 5) is 18.7. The van der Waals surface area contributed by atoms with Gasteiger partial charge in [-0.2, -0.15) is 4.98 Å². The average Bonchev–Trinajstić information content (AvgIpc) is 3.20. The van der Waals surface area contributed by atoms with Crippen molar-refractivity contribution >= 4 is 17.7 Å². The van der Waals surface area contributed by atoms with Gasteiger partial charge in [0, 0.05) is 31.0 Å². The van der Waals surface area contributed by atoms with Crippen molar-refractivity contribution < 1.29 is 14.2 Å². The molecule has 0 atom stereocenters. The van der Waals surface area contributed by atoms with Crippen molar-refractivity contribution in [1.29, 1.82) is 0 Å². The molecule has 10 heteroatoms. The van der Waals surface area contributed by atoms with Crippen molar-refractivity contribution in [3.05, 3.63) is 18.2 Å². The van der Waals surface area contributed by atoms with Gasteiger partial charge in [0.05, 0.1) is 25.4 Å². The van der Waals surface area contributed by atoms with E-state index in [1.165, 1.54) is 12.4 Å². The summed E-state index contributed by atoms with van der Waals surface area (Å²) in [5.41, 5.74) is 5.50. The number of ether oxygens (including phenoxy) is 1. The second-order valence-corrected chi connectivity index (χ2v) is 7.23. The Balaban J connectivity index is 1.77. The van der Waals surface area contributed by atoms with Crippen LogP contribution < -0.4 is 16.0 Å². The maximum Gasteiger partial charge on any atom is 0.228 e. The first-order valence-corrected chi connectivity index (χ1v) is 9.47. The van der Waals surface area contributed by atoms with Crippen LogP contribution in [-0.2, 0) is 4.74 Å². The first-order chi connectivity index (χ1) is 13.6. The molecule has 2 aromatic rings. The topological polar surface area (TPSA) is 122 Å². The molecule has 1 aliphatic heterocycles. The molecule has 2 aliphatic rings. The van der Waals surface area contributed by atoms with E-state index in [9.17, 15) is 5.11 Å². The second kappa shape index (κ2) is 7.80. The lowest BCUT2D eigenvalue weighted by Crippen LogP contribution is -2.41. The third-order valence-electron chi connectivity index (χ3n) is 5.33. The Morgan fingerprint density at radius 3 is 2.50 bits per heavy atom. The minimum Gasteiger partial charge on any atom is -0.394 e. The van der Waals surface area contributed by atoms with Gasteiger partial charge in [-0.3, -0.25) is 0 Å². The Morgan fingerprint density at radius 1 is 1.18 bits per heavy atom. The van der Waals surface area contributed by atoms with E-state index in [-0.39, 0.29) is 24.1 Å². The molecule has 28 heavy (non-hydrogen) atoms. The zero-order chi connectivity index (χ0) is 19.6. The lowest BCUT2D eigenvalue weighted by Gasteiger charge is -2.31. The molecule has 0 bridgehead atoms. The number of nitrogens with one attached hydrogen (secondary N) is 1. The van der Waals surface area contributed by atoms with E-state index < -0.39 is 11.4 Å². The standard InChI is InChI=1S/C18H24FN7O2/c19-13-14(12-9-21-16(20)22-10-12)23-17(26-5-7-28-8-6-26)24-15(13)25-18(11-27)3-1-2-4-18/h9-10,27H,1-8,11H2,(H2,20,21,22)(H,23,24,25). The highest BCUT2D eigenvalue weighted by molar-refractivity contribution is 5.65. The van der Waals surface area contributed by atoms with Gasteiger partial charge in [-0.05, 0) is 12.8 Å². The number of aromatic nitrogens is 4. The van der Waals surface area contributed by atoms with E-state index in [0.29, 0.717) is 37.8 Å². The monoisotopic (exact) mass is 389 g/mol. The molecule has 9 nitrogen and oxygen atoms in total. The van der Waals surface area contributed by atoms with Gasteiger partial charge >= 0.3 is 0 Å². The maximum absolute atomic E-state index is 15.4. The van der Waals surface area contributed by atoms with Crippen molar-refractivity contribution in [2.24, 2.45) is 0 Å². The molecule has 0 unspecified atom stereocenters. The summed E-state index contributed by atoms with van der Waals surface area (Å²) in [6, 6.07) is 0. The van der Waals surface area contributed by atoms with Gasteiger partial charge < -0.3 is 25.8 Å². The molecular formula is C18H24FN7O2. The van der Waals surface area contributed by atoms with Gasteiger partial charge in [0.2, 0.25) is 11.9 Å². The fourth-order valence-corrected chi connectivity index (χ4v) is 3.70. The summed E-state index contributed by atoms with van der Waals surface area (Å²) in [7, 11) is 0. The summed E-state index contributed by atoms with van der Waals surface area (Å²) < 4.78 is 20.8. The van der Waals surface area contributed by atoms with Crippen LogP contribution in [0.4, 0.5) is 22.1 Å². The van der Waals surface area contributed by atoms with Crippen LogP contribution in [0.25, 0.3) is 11.3 Å². The fraction of sp³-hybridized carbons (Fsp3) is 0.556. The summed E-state index contributed by atoms with van der Waals surface area (Å²) in [6.45, 7) is 2.28. The van der Waals surface area contributed by atoms with Gasteiger partial charge in [0.25, 0.3) is 0 Å². The zero-order valence-electron chi connectivity index (χ0n) is 15.6. The Kier molecular flexibility index (Phi) is 5.23. The molecule has 0 spiro atoms. The fourth-order valence-electron chi connectivity index (χ4n) is 3.70. The zero-order valence-corrected chi connectivity index (χ0v) is 15.6. The van der Waals surface area contributed by atoms with E-state index in [0.717, 1.165) is 25.7 Å². The number of nitrogens with zero attached hydrogens (tertiary/aromatic N) is 5. The van der Waals surface area contributed by atoms with E-state index in [2.05, 4.69) is 25.3 Å².